The third kappa shape index (κ3) is 3.24. The number of nitrogens with one attached hydrogen (secondary N) is 1. The SMILES string of the molecule is CCNCC1(CCOc2ccccc2)CC1. The van der Waals surface area contributed by atoms with Gasteiger partial charge in [0.1, 0.15) is 5.75 Å². The molecule has 0 heterocycles. The third-order valence-electron chi connectivity index (χ3n) is 3.35. The predicted molar refractivity (Wildman–Crippen MR) is 66.8 cm³/mol. The van der Waals surface area contributed by atoms with Crippen LogP contribution in [0.25, 0.3) is 0 Å². The molecule has 1 fully saturated rings. The molecule has 88 valence electrons. The van der Waals surface area contributed by atoms with Crippen LogP contribution in [0.2, 0.25) is 0 Å². The van der Waals surface area contributed by atoms with E-state index in [-0.39, 0.29) is 0 Å². The molecule has 0 bridgehead atoms. The normalized spacial score (nSPS) is 17.1. The van der Waals surface area contributed by atoms with Gasteiger partial charge in [0.2, 0.25) is 0 Å². The van der Waals surface area contributed by atoms with E-state index >= 15 is 0 Å². The second kappa shape index (κ2) is 5.35. The molecule has 0 aromatic heterocycles. The average Bonchev–Trinajstić information content (AvgIpc) is 3.09. The molecular weight excluding hydrogens is 198 g/mol. The van der Waals surface area contributed by atoms with Gasteiger partial charge in [-0.1, -0.05) is 25.1 Å². The molecule has 16 heavy (non-hydrogen) atoms. The predicted octanol–water partition coefficient (Wildman–Crippen LogP) is 2.85. The molecule has 0 radical (unpaired) electrons. The van der Waals surface area contributed by atoms with Gasteiger partial charge in [0.25, 0.3) is 0 Å². The van der Waals surface area contributed by atoms with Crippen molar-refractivity contribution in [3.63, 3.8) is 0 Å². The summed E-state index contributed by atoms with van der Waals surface area (Å²) in [6, 6.07) is 10.1. The molecule has 0 atom stereocenters. The van der Waals surface area contributed by atoms with Crippen molar-refractivity contribution in [2.45, 2.75) is 26.2 Å². The van der Waals surface area contributed by atoms with Crippen LogP contribution >= 0.6 is 0 Å². The van der Waals surface area contributed by atoms with Crippen molar-refractivity contribution in [2.24, 2.45) is 5.41 Å². The molecule has 0 amide bonds. The average molecular weight is 219 g/mol. The molecule has 1 aromatic rings. The van der Waals surface area contributed by atoms with Gasteiger partial charge in [-0.15, -0.1) is 0 Å². The number of ether oxygens (including phenoxy) is 1. The highest BCUT2D eigenvalue weighted by Gasteiger charge is 2.41. The molecule has 1 aliphatic carbocycles. The molecule has 1 aromatic carbocycles. The molecule has 1 aliphatic rings. The minimum absolute atomic E-state index is 0.546. The van der Waals surface area contributed by atoms with Crippen LogP contribution < -0.4 is 10.1 Å². The van der Waals surface area contributed by atoms with Crippen LogP contribution in [0.4, 0.5) is 0 Å². The van der Waals surface area contributed by atoms with Gasteiger partial charge in [0.15, 0.2) is 0 Å². The molecule has 1 saturated carbocycles. The summed E-state index contributed by atoms with van der Waals surface area (Å²) in [6.07, 6.45) is 3.89. The first-order valence-corrected chi connectivity index (χ1v) is 6.23. The Balaban J connectivity index is 1.68. The maximum Gasteiger partial charge on any atom is 0.119 e. The Morgan fingerprint density at radius 3 is 2.62 bits per heavy atom. The Morgan fingerprint density at radius 1 is 1.25 bits per heavy atom. The van der Waals surface area contributed by atoms with Crippen molar-refractivity contribution < 1.29 is 4.74 Å². The van der Waals surface area contributed by atoms with Gasteiger partial charge in [-0.3, -0.25) is 0 Å². The fourth-order valence-electron chi connectivity index (χ4n) is 1.98. The zero-order valence-electron chi connectivity index (χ0n) is 10.0. The molecule has 0 saturated heterocycles. The number of rotatable bonds is 7. The fourth-order valence-corrected chi connectivity index (χ4v) is 1.98. The zero-order valence-corrected chi connectivity index (χ0v) is 10.0. The lowest BCUT2D eigenvalue weighted by molar-refractivity contribution is 0.265. The number of hydrogen-bond acceptors (Lipinski definition) is 2. The van der Waals surface area contributed by atoms with Crippen molar-refractivity contribution in [2.75, 3.05) is 19.7 Å². The van der Waals surface area contributed by atoms with E-state index in [4.69, 9.17) is 4.74 Å². The van der Waals surface area contributed by atoms with Gasteiger partial charge in [0.05, 0.1) is 6.61 Å². The van der Waals surface area contributed by atoms with E-state index in [9.17, 15) is 0 Å². The molecule has 2 nitrogen and oxygen atoms in total. The van der Waals surface area contributed by atoms with Crippen LogP contribution in [0, 0.1) is 5.41 Å². The van der Waals surface area contributed by atoms with E-state index < -0.39 is 0 Å². The Kier molecular flexibility index (Phi) is 3.83. The first-order chi connectivity index (χ1) is 7.85. The standard InChI is InChI=1S/C14H21NO/c1-2-15-12-14(8-9-14)10-11-16-13-6-4-3-5-7-13/h3-7,15H,2,8-12H2,1H3. The molecule has 2 heteroatoms. The number of para-hydroxylation sites is 1. The van der Waals surface area contributed by atoms with Gasteiger partial charge in [-0.25, -0.2) is 0 Å². The van der Waals surface area contributed by atoms with E-state index in [2.05, 4.69) is 12.2 Å². The second-order valence-electron chi connectivity index (χ2n) is 4.69. The second-order valence-corrected chi connectivity index (χ2v) is 4.69. The fraction of sp³-hybridized carbons (Fsp3) is 0.571. The topological polar surface area (TPSA) is 21.3 Å². The molecule has 0 spiro atoms. The largest absolute Gasteiger partial charge is 0.494 e. The lowest BCUT2D eigenvalue weighted by Gasteiger charge is -2.15. The van der Waals surface area contributed by atoms with E-state index in [0.717, 1.165) is 25.4 Å². The van der Waals surface area contributed by atoms with E-state index in [1.54, 1.807) is 0 Å². The summed E-state index contributed by atoms with van der Waals surface area (Å²) >= 11 is 0. The highest BCUT2D eigenvalue weighted by atomic mass is 16.5. The van der Waals surface area contributed by atoms with Crippen LogP contribution in [0.15, 0.2) is 30.3 Å². The first kappa shape index (κ1) is 11.5. The number of benzene rings is 1. The van der Waals surface area contributed by atoms with Crippen molar-refractivity contribution in [1.29, 1.82) is 0 Å². The summed E-state index contributed by atoms with van der Waals surface area (Å²) in [5.41, 5.74) is 0.546. The monoisotopic (exact) mass is 219 g/mol. The maximum absolute atomic E-state index is 5.73. The van der Waals surface area contributed by atoms with Crippen molar-refractivity contribution in [3.8, 4) is 5.75 Å². The zero-order chi connectivity index (χ0) is 11.3. The van der Waals surface area contributed by atoms with Crippen LogP contribution in [0.5, 0.6) is 5.75 Å². The minimum Gasteiger partial charge on any atom is -0.494 e. The summed E-state index contributed by atoms with van der Waals surface area (Å²) < 4.78 is 5.73. The first-order valence-electron chi connectivity index (χ1n) is 6.23. The maximum atomic E-state index is 5.73. The molecule has 2 rings (SSSR count). The smallest absolute Gasteiger partial charge is 0.119 e. The van der Waals surface area contributed by atoms with Crippen molar-refractivity contribution in [3.05, 3.63) is 30.3 Å². The van der Waals surface area contributed by atoms with Gasteiger partial charge in [-0.05, 0) is 43.4 Å². The highest BCUT2D eigenvalue weighted by Crippen LogP contribution is 2.48. The van der Waals surface area contributed by atoms with Crippen molar-refractivity contribution >= 4 is 0 Å². The van der Waals surface area contributed by atoms with Crippen LogP contribution in [-0.4, -0.2) is 19.7 Å². The highest BCUT2D eigenvalue weighted by molar-refractivity contribution is 5.20. The van der Waals surface area contributed by atoms with E-state index in [0.29, 0.717) is 5.41 Å². The molecule has 0 aliphatic heterocycles. The van der Waals surface area contributed by atoms with E-state index in [1.807, 2.05) is 30.3 Å². The van der Waals surface area contributed by atoms with Crippen LogP contribution in [0.1, 0.15) is 26.2 Å². The lowest BCUT2D eigenvalue weighted by Crippen LogP contribution is -2.25. The van der Waals surface area contributed by atoms with Gasteiger partial charge in [-0.2, -0.15) is 0 Å². The summed E-state index contributed by atoms with van der Waals surface area (Å²) in [6.45, 7) is 5.23. The third-order valence-corrected chi connectivity index (χ3v) is 3.35. The quantitative estimate of drug-likeness (QED) is 0.761. The summed E-state index contributed by atoms with van der Waals surface area (Å²) in [5.74, 6) is 0.988. The van der Waals surface area contributed by atoms with Gasteiger partial charge < -0.3 is 10.1 Å². The Morgan fingerprint density at radius 2 is 2.00 bits per heavy atom. The summed E-state index contributed by atoms with van der Waals surface area (Å²) in [4.78, 5) is 0. The molecule has 0 unspecified atom stereocenters. The van der Waals surface area contributed by atoms with E-state index in [1.165, 1.54) is 19.3 Å². The van der Waals surface area contributed by atoms with Crippen LogP contribution in [-0.2, 0) is 0 Å². The van der Waals surface area contributed by atoms with Gasteiger partial charge >= 0.3 is 0 Å². The minimum atomic E-state index is 0.546. The summed E-state index contributed by atoms with van der Waals surface area (Å²) in [7, 11) is 0. The van der Waals surface area contributed by atoms with Crippen molar-refractivity contribution in [1.82, 2.24) is 5.32 Å². The molecule has 1 N–H and O–H groups in total. The van der Waals surface area contributed by atoms with Crippen LogP contribution in [0.3, 0.4) is 0 Å². The molecular formula is C14H21NO. The Hall–Kier alpha value is -1.02. The Labute approximate surface area is 98.0 Å². The Bertz CT molecular complexity index is 306. The van der Waals surface area contributed by atoms with Gasteiger partial charge in [0, 0.05) is 6.54 Å². The summed E-state index contributed by atoms with van der Waals surface area (Å²) in [5, 5.41) is 3.44. The number of hydrogen-bond donors (Lipinski definition) is 1. The lowest BCUT2D eigenvalue weighted by atomic mass is 10.0.